The van der Waals surface area contributed by atoms with Crippen molar-refractivity contribution in [3.05, 3.63) is 63.9 Å². The van der Waals surface area contributed by atoms with E-state index in [1.165, 1.54) is 16.9 Å². The summed E-state index contributed by atoms with van der Waals surface area (Å²) in [5, 5.41) is 0. The number of carbonyl (C=O) groups is 2. The van der Waals surface area contributed by atoms with E-state index in [1.54, 1.807) is 0 Å². The number of hydrogen-bond donors (Lipinski definition) is 0. The number of fused-ring (bicyclic) bond motifs is 2. The fraction of sp³-hybridized carbons (Fsp3) is 0.333. The van der Waals surface area contributed by atoms with Gasteiger partial charge in [0.25, 0.3) is 0 Å². The molecule has 26 heavy (non-hydrogen) atoms. The molecule has 2 aliphatic rings. The molecule has 1 amide bonds. The zero-order chi connectivity index (χ0) is 17.9. The normalized spacial score (nSPS) is 21.8. The molecule has 134 valence electrons. The molecule has 2 bridgehead atoms. The Labute approximate surface area is 157 Å². The maximum absolute atomic E-state index is 12.7. The van der Waals surface area contributed by atoms with Crippen molar-refractivity contribution < 1.29 is 14.3 Å². The van der Waals surface area contributed by atoms with Gasteiger partial charge < -0.3 is 4.74 Å². The molecule has 4 rings (SSSR count). The maximum Gasteiger partial charge on any atom is 0.410 e. The Morgan fingerprint density at radius 3 is 2.77 bits per heavy atom. The van der Waals surface area contributed by atoms with Crippen molar-refractivity contribution in [2.24, 2.45) is 0 Å². The lowest BCUT2D eigenvalue weighted by atomic mass is 9.85. The molecular formula is C21H21NO3S. The lowest BCUT2D eigenvalue weighted by Gasteiger charge is -2.44. The van der Waals surface area contributed by atoms with Gasteiger partial charge in [-0.2, -0.15) is 0 Å². The van der Waals surface area contributed by atoms with Gasteiger partial charge in [-0.3, -0.25) is 9.69 Å². The number of nitrogens with zero attached hydrogens (tertiary/aromatic N) is 1. The number of ether oxygens (including phenoxy) is 1. The van der Waals surface area contributed by atoms with Crippen LogP contribution in [0.5, 0.6) is 0 Å². The first kappa shape index (κ1) is 17.0. The minimum absolute atomic E-state index is 0.0857. The van der Waals surface area contributed by atoms with Gasteiger partial charge in [0.15, 0.2) is 6.29 Å². The summed E-state index contributed by atoms with van der Waals surface area (Å²) in [7, 11) is 0. The van der Waals surface area contributed by atoms with Gasteiger partial charge in [-0.1, -0.05) is 36.4 Å². The first-order valence-corrected chi connectivity index (χ1v) is 9.81. The van der Waals surface area contributed by atoms with Crippen LogP contribution < -0.4 is 0 Å². The van der Waals surface area contributed by atoms with Crippen LogP contribution in [0.3, 0.4) is 0 Å². The molecule has 5 heteroatoms. The highest BCUT2D eigenvalue weighted by atomic mass is 32.1. The highest BCUT2D eigenvalue weighted by molar-refractivity contribution is 7.14. The zero-order valence-electron chi connectivity index (χ0n) is 14.5. The minimum Gasteiger partial charge on any atom is -0.445 e. The molecule has 2 atom stereocenters. The maximum atomic E-state index is 12.7. The molecule has 0 saturated carbocycles. The van der Waals surface area contributed by atoms with E-state index in [2.05, 4.69) is 6.08 Å². The number of carbonyl (C=O) groups excluding carboxylic acids is 2. The second-order valence-electron chi connectivity index (χ2n) is 6.82. The van der Waals surface area contributed by atoms with E-state index in [0.29, 0.717) is 6.61 Å². The Hall–Kier alpha value is -2.40. The smallest absolute Gasteiger partial charge is 0.410 e. The summed E-state index contributed by atoms with van der Waals surface area (Å²) in [5.74, 6) is 0. The molecule has 2 unspecified atom stereocenters. The molecule has 2 aromatic rings. The summed E-state index contributed by atoms with van der Waals surface area (Å²) in [6.07, 6.45) is 6.79. The molecule has 1 aromatic carbocycles. The Morgan fingerprint density at radius 2 is 2.04 bits per heavy atom. The van der Waals surface area contributed by atoms with Crippen molar-refractivity contribution in [3.63, 3.8) is 0 Å². The quantitative estimate of drug-likeness (QED) is 0.722. The average Bonchev–Trinajstić information content (AvgIpc) is 3.15. The summed E-state index contributed by atoms with van der Waals surface area (Å²) >= 11 is 1.52. The van der Waals surface area contributed by atoms with Gasteiger partial charge in [0.05, 0.1) is 10.9 Å². The van der Waals surface area contributed by atoms with Crippen LogP contribution in [0.4, 0.5) is 4.79 Å². The number of piperidine rings is 1. The summed E-state index contributed by atoms with van der Waals surface area (Å²) in [4.78, 5) is 27.5. The van der Waals surface area contributed by atoms with E-state index < -0.39 is 0 Å². The van der Waals surface area contributed by atoms with E-state index >= 15 is 0 Å². The van der Waals surface area contributed by atoms with Crippen LogP contribution in [0, 0.1) is 0 Å². The van der Waals surface area contributed by atoms with Crippen molar-refractivity contribution in [3.8, 4) is 0 Å². The Morgan fingerprint density at radius 1 is 1.19 bits per heavy atom. The Bertz CT molecular complexity index is 827. The second-order valence-corrected chi connectivity index (χ2v) is 7.93. The van der Waals surface area contributed by atoms with Gasteiger partial charge in [0.1, 0.15) is 6.61 Å². The summed E-state index contributed by atoms with van der Waals surface area (Å²) in [6.45, 7) is 0.305. The largest absolute Gasteiger partial charge is 0.445 e. The molecule has 1 saturated heterocycles. The van der Waals surface area contributed by atoms with Gasteiger partial charge >= 0.3 is 6.09 Å². The third-order valence-corrected chi connectivity index (χ3v) is 6.20. The van der Waals surface area contributed by atoms with Crippen molar-refractivity contribution in [2.45, 2.75) is 44.4 Å². The lowest BCUT2D eigenvalue weighted by Crippen LogP contribution is -2.51. The van der Waals surface area contributed by atoms with E-state index in [9.17, 15) is 9.59 Å². The number of amides is 1. The zero-order valence-corrected chi connectivity index (χ0v) is 15.3. The van der Waals surface area contributed by atoms with Crippen molar-refractivity contribution in [1.29, 1.82) is 0 Å². The van der Waals surface area contributed by atoms with E-state index in [0.717, 1.165) is 47.3 Å². The topological polar surface area (TPSA) is 46.6 Å². The summed E-state index contributed by atoms with van der Waals surface area (Å²) < 4.78 is 5.58. The van der Waals surface area contributed by atoms with Crippen LogP contribution in [0.25, 0.3) is 5.57 Å². The molecule has 1 aromatic heterocycles. The predicted octanol–water partition coefficient (Wildman–Crippen LogP) is 4.91. The molecular weight excluding hydrogens is 346 g/mol. The molecule has 4 nitrogen and oxygen atoms in total. The lowest BCUT2D eigenvalue weighted by molar-refractivity contribution is 0.0510. The predicted molar refractivity (Wildman–Crippen MR) is 102 cm³/mol. The molecule has 0 N–H and O–H groups in total. The number of rotatable bonds is 4. The van der Waals surface area contributed by atoms with Crippen LogP contribution in [-0.2, 0) is 11.3 Å². The average molecular weight is 367 g/mol. The Kier molecular flexibility index (Phi) is 4.89. The van der Waals surface area contributed by atoms with Crippen molar-refractivity contribution >= 4 is 29.3 Å². The highest BCUT2D eigenvalue weighted by Crippen LogP contribution is 2.39. The number of benzene rings is 1. The molecule has 0 radical (unpaired) electrons. The van der Waals surface area contributed by atoms with Crippen LogP contribution in [0.2, 0.25) is 0 Å². The summed E-state index contributed by atoms with van der Waals surface area (Å²) in [5.41, 5.74) is 2.25. The third kappa shape index (κ3) is 3.44. The highest BCUT2D eigenvalue weighted by Gasteiger charge is 2.38. The van der Waals surface area contributed by atoms with Crippen molar-refractivity contribution in [2.75, 3.05) is 0 Å². The van der Waals surface area contributed by atoms with Crippen LogP contribution in [0.15, 0.2) is 48.5 Å². The van der Waals surface area contributed by atoms with Crippen LogP contribution in [0.1, 0.15) is 45.8 Å². The number of thiophene rings is 1. The molecule has 0 spiro atoms. The van der Waals surface area contributed by atoms with Gasteiger partial charge in [-0.25, -0.2) is 4.79 Å². The van der Waals surface area contributed by atoms with Gasteiger partial charge in [-0.15, -0.1) is 11.3 Å². The second kappa shape index (κ2) is 7.46. The van der Waals surface area contributed by atoms with Gasteiger partial charge in [-0.05, 0) is 49.0 Å². The van der Waals surface area contributed by atoms with E-state index in [-0.39, 0.29) is 18.2 Å². The van der Waals surface area contributed by atoms with Crippen LogP contribution >= 0.6 is 11.3 Å². The number of aldehydes is 1. The molecule has 2 aliphatic heterocycles. The molecule has 1 fully saturated rings. The fourth-order valence-electron chi connectivity index (χ4n) is 3.88. The summed E-state index contributed by atoms with van der Waals surface area (Å²) in [6, 6.07) is 13.9. The molecule has 3 heterocycles. The van der Waals surface area contributed by atoms with Crippen molar-refractivity contribution in [1.82, 2.24) is 4.90 Å². The first-order chi connectivity index (χ1) is 12.7. The number of hydrogen-bond acceptors (Lipinski definition) is 4. The SMILES string of the molecule is O=Cc1ccc(C2=CC3CCCC(C2)N3C(=O)OCc2ccccc2)s1. The Balaban J connectivity index is 1.49. The standard InChI is InChI=1S/C21H21NO3S/c23-13-19-9-10-20(26-19)16-11-17-7-4-8-18(12-16)22(17)21(24)25-14-15-5-2-1-3-6-15/h1-3,5-6,9-11,13,17-18H,4,7-8,12,14H2. The molecule has 0 aliphatic carbocycles. The van der Waals surface area contributed by atoms with Crippen LogP contribution in [-0.4, -0.2) is 29.4 Å². The fourth-order valence-corrected chi connectivity index (χ4v) is 4.74. The van der Waals surface area contributed by atoms with E-state index in [1.807, 2.05) is 47.4 Å². The minimum atomic E-state index is -0.224. The monoisotopic (exact) mass is 367 g/mol. The van der Waals surface area contributed by atoms with E-state index in [4.69, 9.17) is 4.74 Å². The van der Waals surface area contributed by atoms with Gasteiger partial charge in [0, 0.05) is 10.9 Å². The van der Waals surface area contributed by atoms with Gasteiger partial charge in [0.2, 0.25) is 0 Å². The first-order valence-electron chi connectivity index (χ1n) is 8.99. The third-order valence-electron chi connectivity index (χ3n) is 5.11.